The number of aliphatic hydroxyl groups excluding tert-OH is 1. The number of anilines is 1. The van der Waals surface area contributed by atoms with Gasteiger partial charge in [0, 0.05) is 5.69 Å². The molecule has 0 saturated heterocycles. The molecule has 1 aliphatic carbocycles. The van der Waals surface area contributed by atoms with Crippen molar-refractivity contribution in [1.29, 1.82) is 0 Å². The summed E-state index contributed by atoms with van der Waals surface area (Å²) >= 11 is 0. The predicted molar refractivity (Wildman–Crippen MR) is 83.6 cm³/mol. The number of carbonyl (C=O) groups is 2. The van der Waals surface area contributed by atoms with Gasteiger partial charge in [0.2, 0.25) is 0 Å². The molecule has 1 atom stereocenters. The number of benzene rings is 1. The number of nitrogens with one attached hydrogen (secondary N) is 1. The number of amides is 2. The molecule has 1 aliphatic heterocycles. The molecule has 5 nitrogen and oxygen atoms in total. The Bertz CT molecular complexity index is 834. The summed E-state index contributed by atoms with van der Waals surface area (Å²) < 4.78 is 13.3. The minimum absolute atomic E-state index is 0.233. The Labute approximate surface area is 131 Å². The minimum atomic E-state index is -0.819. The summed E-state index contributed by atoms with van der Waals surface area (Å²) in [5, 5.41) is 12.7. The van der Waals surface area contributed by atoms with Crippen molar-refractivity contribution in [3.63, 3.8) is 0 Å². The highest BCUT2D eigenvalue weighted by Gasteiger charge is 2.34. The Balaban J connectivity index is 1.93. The van der Waals surface area contributed by atoms with E-state index >= 15 is 0 Å². The number of aryl methyl sites for hydroxylation is 1. The van der Waals surface area contributed by atoms with Crippen molar-refractivity contribution in [1.82, 2.24) is 0 Å². The van der Waals surface area contributed by atoms with Crippen molar-refractivity contribution in [3.8, 4) is 0 Å². The lowest BCUT2D eigenvalue weighted by Crippen LogP contribution is -2.30. The molecule has 0 spiro atoms. The Kier molecular flexibility index (Phi) is 3.65. The lowest BCUT2D eigenvalue weighted by atomic mass is 9.90. The number of nitrogens with zero attached hydrogens (tertiary/aromatic N) is 1. The molecule has 2 amide bonds. The van der Waals surface area contributed by atoms with Crippen LogP contribution in [0.1, 0.15) is 5.56 Å². The minimum Gasteiger partial charge on any atom is -0.510 e. The molecule has 0 aromatic heterocycles. The molecule has 1 aromatic carbocycles. The van der Waals surface area contributed by atoms with Crippen LogP contribution in [-0.4, -0.2) is 22.6 Å². The standard InChI is InChI=1S/C17H13FN2O3/c1-9-6-7-10(18)8-13(9)20-17(23)14-15(21)11-4-2-3-5-12(11)19-16(14)22/h2-8,11,21H,1H3,(H,20,23). The Morgan fingerprint density at radius 1 is 1.35 bits per heavy atom. The monoisotopic (exact) mass is 312 g/mol. The summed E-state index contributed by atoms with van der Waals surface area (Å²) in [6, 6.07) is 3.92. The smallest absolute Gasteiger partial charge is 0.286 e. The molecule has 23 heavy (non-hydrogen) atoms. The quantitative estimate of drug-likeness (QED) is 0.824. The first kappa shape index (κ1) is 14.9. The van der Waals surface area contributed by atoms with Gasteiger partial charge in [0.05, 0.1) is 11.6 Å². The largest absolute Gasteiger partial charge is 0.510 e. The summed E-state index contributed by atoms with van der Waals surface area (Å²) in [5.41, 5.74) is 0.820. The number of hydrogen-bond acceptors (Lipinski definition) is 3. The van der Waals surface area contributed by atoms with Crippen LogP contribution in [0.3, 0.4) is 0 Å². The zero-order chi connectivity index (χ0) is 16.6. The molecule has 0 radical (unpaired) electrons. The molecule has 116 valence electrons. The highest BCUT2D eigenvalue weighted by Crippen LogP contribution is 2.27. The molecular weight excluding hydrogens is 299 g/mol. The van der Waals surface area contributed by atoms with Crippen LogP contribution < -0.4 is 5.32 Å². The average Bonchev–Trinajstić information content (AvgIpc) is 2.51. The molecule has 0 fully saturated rings. The van der Waals surface area contributed by atoms with E-state index in [0.717, 1.165) is 6.07 Å². The summed E-state index contributed by atoms with van der Waals surface area (Å²) in [6.45, 7) is 1.69. The maximum Gasteiger partial charge on any atom is 0.286 e. The van der Waals surface area contributed by atoms with Gasteiger partial charge in [-0.2, -0.15) is 0 Å². The van der Waals surface area contributed by atoms with Gasteiger partial charge in [0.1, 0.15) is 17.1 Å². The van der Waals surface area contributed by atoms with E-state index in [0.29, 0.717) is 11.3 Å². The third-order valence-corrected chi connectivity index (χ3v) is 3.67. The average molecular weight is 312 g/mol. The number of aliphatic hydroxyl groups is 1. The van der Waals surface area contributed by atoms with Crippen LogP contribution in [0.25, 0.3) is 0 Å². The van der Waals surface area contributed by atoms with Gasteiger partial charge in [-0.25, -0.2) is 9.38 Å². The maximum absolute atomic E-state index is 13.3. The van der Waals surface area contributed by atoms with Crippen molar-refractivity contribution in [2.75, 3.05) is 5.32 Å². The topological polar surface area (TPSA) is 78.8 Å². The number of carbonyl (C=O) groups excluding carboxylic acids is 2. The molecule has 1 heterocycles. The fourth-order valence-electron chi connectivity index (χ4n) is 2.44. The molecule has 0 saturated carbocycles. The van der Waals surface area contributed by atoms with E-state index in [1.165, 1.54) is 12.1 Å². The Morgan fingerprint density at radius 3 is 2.91 bits per heavy atom. The number of hydrogen-bond donors (Lipinski definition) is 2. The predicted octanol–water partition coefficient (Wildman–Crippen LogP) is 2.61. The second kappa shape index (κ2) is 5.64. The van der Waals surface area contributed by atoms with E-state index in [-0.39, 0.29) is 11.4 Å². The van der Waals surface area contributed by atoms with E-state index in [1.54, 1.807) is 31.2 Å². The van der Waals surface area contributed by atoms with Crippen LogP contribution in [-0.2, 0) is 9.59 Å². The second-order valence-electron chi connectivity index (χ2n) is 5.24. The van der Waals surface area contributed by atoms with E-state index in [2.05, 4.69) is 10.3 Å². The fraction of sp³-hybridized carbons (Fsp3) is 0.118. The van der Waals surface area contributed by atoms with Gasteiger partial charge < -0.3 is 10.4 Å². The van der Waals surface area contributed by atoms with Crippen LogP contribution in [0.15, 0.2) is 58.8 Å². The van der Waals surface area contributed by atoms with Gasteiger partial charge >= 0.3 is 0 Å². The summed E-state index contributed by atoms with van der Waals surface area (Å²) in [7, 11) is 0. The number of rotatable bonds is 2. The van der Waals surface area contributed by atoms with Crippen molar-refractivity contribution in [2.24, 2.45) is 10.9 Å². The molecule has 2 aliphatic rings. The first-order valence-corrected chi connectivity index (χ1v) is 6.96. The maximum atomic E-state index is 13.3. The second-order valence-corrected chi connectivity index (χ2v) is 5.24. The van der Waals surface area contributed by atoms with Crippen LogP contribution in [0.2, 0.25) is 0 Å². The third kappa shape index (κ3) is 2.70. The number of halogens is 1. The van der Waals surface area contributed by atoms with E-state index in [4.69, 9.17) is 0 Å². The van der Waals surface area contributed by atoms with Crippen LogP contribution in [0, 0.1) is 18.7 Å². The molecule has 1 aromatic rings. The number of dihydropyridines is 1. The van der Waals surface area contributed by atoms with Crippen molar-refractivity contribution < 1.29 is 19.1 Å². The van der Waals surface area contributed by atoms with Crippen molar-refractivity contribution in [3.05, 3.63) is 65.2 Å². The highest BCUT2D eigenvalue weighted by molar-refractivity contribution is 6.28. The molecule has 6 heteroatoms. The zero-order valence-electron chi connectivity index (χ0n) is 12.2. The normalized spacial score (nSPS) is 19.5. The molecule has 0 bridgehead atoms. The van der Waals surface area contributed by atoms with Gasteiger partial charge in [-0.1, -0.05) is 24.3 Å². The SMILES string of the molecule is Cc1ccc(F)cc1NC(=O)C1=C(O)C2C=CC=CC2=NC1=O. The summed E-state index contributed by atoms with van der Waals surface area (Å²) in [5.74, 6) is -3.12. The van der Waals surface area contributed by atoms with Crippen LogP contribution in [0.4, 0.5) is 10.1 Å². The third-order valence-electron chi connectivity index (χ3n) is 3.67. The van der Waals surface area contributed by atoms with Crippen molar-refractivity contribution >= 4 is 23.2 Å². The molecule has 2 N–H and O–H groups in total. The van der Waals surface area contributed by atoms with Crippen molar-refractivity contribution in [2.45, 2.75) is 6.92 Å². The van der Waals surface area contributed by atoms with Gasteiger partial charge in [0.15, 0.2) is 0 Å². The highest BCUT2D eigenvalue weighted by atomic mass is 19.1. The van der Waals surface area contributed by atoms with Crippen LogP contribution in [0.5, 0.6) is 0 Å². The molecular formula is C17H13FN2O3. The lowest BCUT2D eigenvalue weighted by molar-refractivity contribution is -0.119. The van der Waals surface area contributed by atoms with Crippen LogP contribution >= 0.6 is 0 Å². The van der Waals surface area contributed by atoms with E-state index < -0.39 is 29.1 Å². The number of allylic oxidation sites excluding steroid dienone is 4. The molecule has 1 unspecified atom stereocenters. The summed E-state index contributed by atoms with van der Waals surface area (Å²) in [4.78, 5) is 28.2. The Morgan fingerprint density at radius 2 is 2.13 bits per heavy atom. The van der Waals surface area contributed by atoms with Gasteiger partial charge in [-0.15, -0.1) is 0 Å². The van der Waals surface area contributed by atoms with Gasteiger partial charge in [-0.3, -0.25) is 9.59 Å². The number of fused-ring (bicyclic) bond motifs is 1. The zero-order valence-corrected chi connectivity index (χ0v) is 12.2. The summed E-state index contributed by atoms with van der Waals surface area (Å²) in [6.07, 6.45) is 6.63. The Hall–Kier alpha value is -3.02. The molecule has 3 rings (SSSR count). The first-order valence-electron chi connectivity index (χ1n) is 6.96. The van der Waals surface area contributed by atoms with Gasteiger partial charge in [-0.05, 0) is 30.7 Å². The van der Waals surface area contributed by atoms with Gasteiger partial charge in [0.25, 0.3) is 11.8 Å². The van der Waals surface area contributed by atoms with E-state index in [9.17, 15) is 19.1 Å². The fourth-order valence-corrected chi connectivity index (χ4v) is 2.44. The lowest BCUT2D eigenvalue weighted by Gasteiger charge is -2.21. The van der Waals surface area contributed by atoms with E-state index in [1.807, 2.05) is 0 Å². The number of aliphatic imine (C=N–C) groups is 1. The first-order chi connectivity index (χ1) is 11.0.